The zero-order chi connectivity index (χ0) is 8.55. The van der Waals surface area contributed by atoms with Crippen LogP contribution in [0.25, 0.3) is 0 Å². The molecule has 0 aliphatic heterocycles. The fourth-order valence-corrected chi connectivity index (χ4v) is 1.79. The summed E-state index contributed by atoms with van der Waals surface area (Å²) in [6, 6.07) is 6.47. The molecule has 0 amide bonds. The van der Waals surface area contributed by atoms with Crippen LogP contribution in [0.3, 0.4) is 0 Å². The van der Waals surface area contributed by atoms with Crippen LogP contribution in [0, 0.1) is 0 Å². The van der Waals surface area contributed by atoms with Gasteiger partial charge in [0.2, 0.25) is 0 Å². The van der Waals surface area contributed by atoms with Gasteiger partial charge in [-0.2, -0.15) is 0 Å². The molecule has 0 saturated heterocycles. The molecule has 0 bridgehead atoms. The van der Waals surface area contributed by atoms with Crippen LogP contribution < -0.4 is 0 Å². The van der Waals surface area contributed by atoms with Crippen molar-refractivity contribution in [3.05, 3.63) is 34.3 Å². The van der Waals surface area contributed by atoms with Gasteiger partial charge in [-0.3, -0.25) is 0 Å². The molecule has 1 heteroatoms. The second-order valence-corrected chi connectivity index (χ2v) is 3.89. The average Bonchev–Trinajstić information content (AvgIpc) is 2.88. The van der Waals surface area contributed by atoms with E-state index in [0.717, 1.165) is 17.4 Å². The molecule has 64 valence electrons. The van der Waals surface area contributed by atoms with E-state index in [0.29, 0.717) is 0 Å². The molecule has 1 fully saturated rings. The van der Waals surface area contributed by atoms with Gasteiger partial charge in [0.25, 0.3) is 0 Å². The summed E-state index contributed by atoms with van der Waals surface area (Å²) >= 11 is 6.02. The fourth-order valence-electron chi connectivity index (χ4n) is 1.54. The van der Waals surface area contributed by atoms with Gasteiger partial charge in [-0.1, -0.05) is 30.7 Å². The minimum Gasteiger partial charge on any atom is -0.0840 e. The molecule has 0 spiro atoms. The van der Waals surface area contributed by atoms with E-state index >= 15 is 0 Å². The normalized spacial score (nSPS) is 16.5. The second-order valence-electron chi connectivity index (χ2n) is 3.48. The van der Waals surface area contributed by atoms with Crippen LogP contribution >= 0.6 is 11.6 Å². The van der Waals surface area contributed by atoms with Crippen molar-refractivity contribution >= 4 is 11.6 Å². The Morgan fingerprint density at radius 1 is 1.42 bits per heavy atom. The third-order valence-corrected chi connectivity index (χ3v) is 2.87. The minimum atomic E-state index is 0.840. The maximum Gasteiger partial charge on any atom is 0.0438 e. The summed E-state index contributed by atoms with van der Waals surface area (Å²) in [6.07, 6.45) is 3.77. The van der Waals surface area contributed by atoms with Crippen LogP contribution in [0.15, 0.2) is 18.2 Å². The monoisotopic (exact) mass is 180 g/mol. The van der Waals surface area contributed by atoms with Gasteiger partial charge >= 0.3 is 0 Å². The van der Waals surface area contributed by atoms with E-state index in [4.69, 9.17) is 11.6 Å². The van der Waals surface area contributed by atoms with Crippen LogP contribution in [0.5, 0.6) is 0 Å². The molecule has 0 nitrogen and oxygen atoms in total. The largest absolute Gasteiger partial charge is 0.0840 e. The Kier molecular flexibility index (Phi) is 2.10. The highest BCUT2D eigenvalue weighted by Gasteiger charge is 2.23. The van der Waals surface area contributed by atoms with E-state index in [-0.39, 0.29) is 0 Å². The van der Waals surface area contributed by atoms with Crippen LogP contribution in [0.2, 0.25) is 5.02 Å². The van der Waals surface area contributed by atoms with Crippen molar-refractivity contribution in [2.45, 2.75) is 32.1 Å². The lowest BCUT2D eigenvalue weighted by atomic mass is 10.1. The predicted octanol–water partition coefficient (Wildman–Crippen LogP) is 3.78. The van der Waals surface area contributed by atoms with Crippen molar-refractivity contribution in [1.29, 1.82) is 0 Å². The van der Waals surface area contributed by atoms with Crippen molar-refractivity contribution in [3.8, 4) is 0 Å². The van der Waals surface area contributed by atoms with Crippen LogP contribution in [0.4, 0.5) is 0 Å². The Balaban J connectivity index is 2.33. The molecule has 0 atom stereocenters. The summed E-state index contributed by atoms with van der Waals surface area (Å²) < 4.78 is 0. The molecule has 0 N–H and O–H groups in total. The zero-order valence-corrected chi connectivity index (χ0v) is 8.06. The molecule has 0 unspecified atom stereocenters. The van der Waals surface area contributed by atoms with Crippen molar-refractivity contribution in [2.75, 3.05) is 0 Å². The third kappa shape index (κ3) is 1.49. The summed E-state index contributed by atoms with van der Waals surface area (Å²) in [5.74, 6) is 0.840. The molecule has 12 heavy (non-hydrogen) atoms. The van der Waals surface area contributed by atoms with Crippen molar-refractivity contribution < 1.29 is 0 Å². The summed E-state index contributed by atoms with van der Waals surface area (Å²) in [5.41, 5.74) is 2.78. The molecule has 1 aromatic rings. The maximum absolute atomic E-state index is 6.02. The smallest absolute Gasteiger partial charge is 0.0438 e. The van der Waals surface area contributed by atoms with Crippen molar-refractivity contribution in [3.63, 3.8) is 0 Å². The van der Waals surface area contributed by atoms with Gasteiger partial charge in [0.1, 0.15) is 0 Å². The Hall–Kier alpha value is -0.490. The predicted molar refractivity (Wildman–Crippen MR) is 52.8 cm³/mol. The molecule has 0 radical (unpaired) electrons. The number of aryl methyl sites for hydroxylation is 1. The maximum atomic E-state index is 6.02. The molecule has 2 rings (SSSR count). The van der Waals surface area contributed by atoms with E-state index in [1.165, 1.54) is 24.0 Å². The van der Waals surface area contributed by atoms with E-state index in [1.54, 1.807) is 0 Å². The second kappa shape index (κ2) is 3.10. The van der Waals surface area contributed by atoms with Gasteiger partial charge in [-0.05, 0) is 42.4 Å². The van der Waals surface area contributed by atoms with Gasteiger partial charge < -0.3 is 0 Å². The fraction of sp³-hybridized carbons (Fsp3) is 0.455. The summed E-state index contributed by atoms with van der Waals surface area (Å²) in [7, 11) is 0. The van der Waals surface area contributed by atoms with E-state index in [9.17, 15) is 0 Å². The molecular formula is C11H13Cl. The van der Waals surface area contributed by atoms with E-state index < -0.39 is 0 Å². The average molecular weight is 181 g/mol. The highest BCUT2D eigenvalue weighted by molar-refractivity contribution is 6.31. The zero-order valence-electron chi connectivity index (χ0n) is 7.31. The van der Waals surface area contributed by atoms with Gasteiger partial charge in [0, 0.05) is 5.02 Å². The van der Waals surface area contributed by atoms with Crippen LogP contribution in [0.1, 0.15) is 36.8 Å². The highest BCUT2D eigenvalue weighted by atomic mass is 35.5. The first kappa shape index (κ1) is 8.12. The Morgan fingerprint density at radius 2 is 2.17 bits per heavy atom. The minimum absolute atomic E-state index is 0.840. The summed E-state index contributed by atoms with van der Waals surface area (Å²) in [4.78, 5) is 0. The number of hydrogen-bond acceptors (Lipinski definition) is 0. The number of hydrogen-bond donors (Lipinski definition) is 0. The molecule has 1 aliphatic carbocycles. The van der Waals surface area contributed by atoms with Gasteiger partial charge in [-0.15, -0.1) is 0 Å². The lowest BCUT2D eigenvalue weighted by Gasteiger charge is -2.03. The Morgan fingerprint density at radius 3 is 2.75 bits per heavy atom. The van der Waals surface area contributed by atoms with Crippen LogP contribution in [-0.4, -0.2) is 0 Å². The van der Waals surface area contributed by atoms with Crippen LogP contribution in [-0.2, 0) is 6.42 Å². The number of rotatable bonds is 2. The standard InChI is InChI=1S/C11H13Cl/c1-2-8-7-10(9-3-4-9)5-6-11(8)12/h5-7,9H,2-4H2,1H3. The lowest BCUT2D eigenvalue weighted by molar-refractivity contribution is 1.08. The first-order valence-electron chi connectivity index (χ1n) is 4.59. The molecule has 0 aromatic heterocycles. The topological polar surface area (TPSA) is 0 Å². The Labute approximate surface area is 78.6 Å². The molecular weight excluding hydrogens is 168 g/mol. The van der Waals surface area contributed by atoms with Gasteiger partial charge in [-0.25, -0.2) is 0 Å². The molecule has 1 aromatic carbocycles. The van der Waals surface area contributed by atoms with Crippen molar-refractivity contribution in [1.82, 2.24) is 0 Å². The Bertz CT molecular complexity index is 287. The number of halogens is 1. The van der Waals surface area contributed by atoms with Gasteiger partial charge in [0.15, 0.2) is 0 Å². The number of benzene rings is 1. The lowest BCUT2D eigenvalue weighted by Crippen LogP contribution is -1.85. The summed E-state index contributed by atoms with van der Waals surface area (Å²) in [6.45, 7) is 2.15. The van der Waals surface area contributed by atoms with E-state index in [1.807, 2.05) is 6.07 Å². The first-order valence-corrected chi connectivity index (χ1v) is 4.97. The highest BCUT2D eigenvalue weighted by Crippen LogP contribution is 2.40. The summed E-state index contributed by atoms with van der Waals surface area (Å²) in [5, 5.41) is 0.918. The molecule has 1 aliphatic rings. The molecule has 0 heterocycles. The third-order valence-electron chi connectivity index (χ3n) is 2.50. The quantitative estimate of drug-likeness (QED) is 0.650. The first-order chi connectivity index (χ1) is 5.81. The van der Waals surface area contributed by atoms with Crippen molar-refractivity contribution in [2.24, 2.45) is 0 Å². The van der Waals surface area contributed by atoms with E-state index in [2.05, 4.69) is 19.1 Å². The van der Waals surface area contributed by atoms with Gasteiger partial charge in [0.05, 0.1) is 0 Å². The SMILES string of the molecule is CCc1cc(C2CC2)ccc1Cl. The molecule has 1 saturated carbocycles.